The van der Waals surface area contributed by atoms with Gasteiger partial charge in [-0.05, 0) is 37.2 Å². The maximum atomic E-state index is 12.1. The van der Waals surface area contributed by atoms with Gasteiger partial charge in [0.05, 0.1) is 6.10 Å². The molecule has 0 aromatic carbocycles. The topological polar surface area (TPSA) is 74.6 Å². The van der Waals surface area contributed by atoms with Gasteiger partial charge in [-0.3, -0.25) is 9.59 Å². The number of ketones is 1. The largest absolute Gasteiger partial charge is 0.481 e. The van der Waals surface area contributed by atoms with Gasteiger partial charge in [-0.25, -0.2) is 0 Å². The summed E-state index contributed by atoms with van der Waals surface area (Å²) in [4.78, 5) is 22.6. The third kappa shape index (κ3) is 7.69. The first-order chi connectivity index (χ1) is 12.3. The molecule has 0 aromatic heterocycles. The van der Waals surface area contributed by atoms with Crippen LogP contribution in [0.3, 0.4) is 0 Å². The van der Waals surface area contributed by atoms with Crippen LogP contribution >= 0.6 is 0 Å². The molecule has 0 unspecified atom stereocenters. The van der Waals surface area contributed by atoms with E-state index in [0.29, 0.717) is 19.3 Å². The molecule has 2 N–H and O–H groups in total. The smallest absolute Gasteiger partial charge is 0.303 e. The van der Waals surface area contributed by atoms with E-state index in [1.165, 1.54) is 0 Å². The Kier molecular flexibility index (Phi) is 9.57. The van der Waals surface area contributed by atoms with Crippen molar-refractivity contribution in [2.75, 3.05) is 0 Å². The van der Waals surface area contributed by atoms with Crippen molar-refractivity contribution in [1.29, 1.82) is 0 Å². The molecule has 0 heterocycles. The first-order valence-electron chi connectivity index (χ1n) is 9.73. The maximum Gasteiger partial charge on any atom is 0.303 e. The minimum atomic E-state index is -0.779. The van der Waals surface area contributed by atoms with Gasteiger partial charge in [0.1, 0.15) is 0 Å². The van der Waals surface area contributed by atoms with Gasteiger partial charge in [-0.15, -0.1) is 0 Å². The third-order valence-electron chi connectivity index (χ3n) is 5.12. The minimum Gasteiger partial charge on any atom is -0.481 e. The molecular formula is C22H34O4. The van der Waals surface area contributed by atoms with Crippen LogP contribution in [0.1, 0.15) is 65.7 Å². The Morgan fingerprint density at radius 3 is 2.69 bits per heavy atom. The van der Waals surface area contributed by atoms with Gasteiger partial charge in [-0.1, -0.05) is 64.0 Å². The summed E-state index contributed by atoms with van der Waals surface area (Å²) < 4.78 is 0. The number of aliphatic hydroxyl groups excluding tert-OH is 1. The second-order valence-electron chi connectivity index (χ2n) is 7.86. The van der Waals surface area contributed by atoms with E-state index >= 15 is 0 Å². The molecule has 0 saturated carbocycles. The van der Waals surface area contributed by atoms with Crippen molar-refractivity contribution in [2.45, 2.75) is 71.8 Å². The lowest BCUT2D eigenvalue weighted by Crippen LogP contribution is -2.27. The van der Waals surface area contributed by atoms with E-state index in [-0.39, 0.29) is 29.5 Å². The Balaban J connectivity index is 2.54. The Bertz CT molecular complexity index is 542. The molecule has 1 aliphatic rings. The summed E-state index contributed by atoms with van der Waals surface area (Å²) in [6.45, 7) is 6.29. The predicted molar refractivity (Wildman–Crippen MR) is 105 cm³/mol. The van der Waals surface area contributed by atoms with E-state index in [1.54, 1.807) is 6.08 Å². The summed E-state index contributed by atoms with van der Waals surface area (Å²) in [7, 11) is 0. The van der Waals surface area contributed by atoms with Crippen molar-refractivity contribution in [2.24, 2.45) is 17.3 Å². The summed E-state index contributed by atoms with van der Waals surface area (Å²) in [5, 5.41) is 19.1. The van der Waals surface area contributed by atoms with Crippen LogP contribution in [-0.2, 0) is 9.59 Å². The van der Waals surface area contributed by atoms with Gasteiger partial charge in [-0.2, -0.15) is 0 Å². The number of carboxylic acids is 1. The summed E-state index contributed by atoms with van der Waals surface area (Å²) in [6.07, 6.45) is 16.1. The van der Waals surface area contributed by atoms with Crippen molar-refractivity contribution in [3.8, 4) is 0 Å². The van der Waals surface area contributed by atoms with Crippen molar-refractivity contribution in [3.63, 3.8) is 0 Å². The monoisotopic (exact) mass is 362 g/mol. The van der Waals surface area contributed by atoms with E-state index in [1.807, 2.05) is 30.4 Å². The van der Waals surface area contributed by atoms with Gasteiger partial charge in [0.2, 0.25) is 0 Å². The highest BCUT2D eigenvalue weighted by atomic mass is 16.4. The molecule has 0 aliphatic heterocycles. The van der Waals surface area contributed by atoms with Crippen LogP contribution in [0.15, 0.2) is 36.5 Å². The number of carbonyl (C=O) groups excluding carboxylic acids is 1. The second-order valence-corrected chi connectivity index (χ2v) is 7.86. The number of rotatable bonds is 12. The van der Waals surface area contributed by atoms with Gasteiger partial charge < -0.3 is 10.2 Å². The molecular weight excluding hydrogens is 328 g/mol. The molecule has 0 saturated heterocycles. The number of allylic oxidation sites excluding steroid dienone is 5. The fourth-order valence-corrected chi connectivity index (χ4v) is 3.13. The molecule has 4 nitrogen and oxygen atoms in total. The summed E-state index contributed by atoms with van der Waals surface area (Å²) in [5.41, 5.74) is -0.168. The van der Waals surface area contributed by atoms with Crippen LogP contribution in [-0.4, -0.2) is 28.1 Å². The average Bonchev–Trinajstić information content (AvgIpc) is 2.93. The van der Waals surface area contributed by atoms with Crippen molar-refractivity contribution in [3.05, 3.63) is 36.5 Å². The predicted octanol–water partition coefficient (Wildman–Crippen LogP) is 4.69. The van der Waals surface area contributed by atoms with Crippen molar-refractivity contribution < 1.29 is 19.8 Å². The van der Waals surface area contributed by atoms with Crippen molar-refractivity contribution >= 4 is 11.8 Å². The van der Waals surface area contributed by atoms with Gasteiger partial charge in [0.25, 0.3) is 0 Å². The Morgan fingerprint density at radius 1 is 1.31 bits per heavy atom. The standard InChI is InChI=1S/C22H34O4/c1-4-5-16-22(2,3)20(24)15-13-17-12-14-19(23)18(17)10-8-6-7-9-11-21(25)26/h6,8,12-15,17-18,20,24H,4-5,7,9-11,16H2,1-3H3,(H,25,26)/b8-6+,15-13+/t17-,18+,20+/m0/s1. The van der Waals surface area contributed by atoms with Crippen LogP contribution < -0.4 is 0 Å². The fraction of sp³-hybridized carbons (Fsp3) is 0.636. The third-order valence-corrected chi connectivity index (χ3v) is 5.12. The lowest BCUT2D eigenvalue weighted by Gasteiger charge is -2.28. The molecule has 26 heavy (non-hydrogen) atoms. The molecule has 0 aromatic rings. The molecule has 0 fully saturated rings. The summed E-state index contributed by atoms with van der Waals surface area (Å²) >= 11 is 0. The lowest BCUT2D eigenvalue weighted by atomic mass is 9.80. The highest BCUT2D eigenvalue weighted by Crippen LogP contribution is 2.31. The van der Waals surface area contributed by atoms with E-state index in [0.717, 1.165) is 19.3 Å². The highest BCUT2D eigenvalue weighted by Gasteiger charge is 2.29. The summed E-state index contributed by atoms with van der Waals surface area (Å²) in [5.74, 6) is -0.760. The Labute approximate surface area is 157 Å². The second kappa shape index (κ2) is 11.1. The van der Waals surface area contributed by atoms with E-state index in [2.05, 4.69) is 20.8 Å². The first-order valence-corrected chi connectivity index (χ1v) is 9.73. The number of unbranched alkanes of at least 4 members (excludes halogenated alkanes) is 2. The van der Waals surface area contributed by atoms with Gasteiger partial charge in [0, 0.05) is 18.3 Å². The molecule has 0 bridgehead atoms. The molecule has 146 valence electrons. The fourth-order valence-electron chi connectivity index (χ4n) is 3.13. The summed E-state index contributed by atoms with van der Waals surface area (Å²) in [6, 6.07) is 0. The van der Waals surface area contributed by atoms with Crippen LogP contribution in [0.5, 0.6) is 0 Å². The molecule has 1 aliphatic carbocycles. The lowest BCUT2D eigenvalue weighted by molar-refractivity contribution is -0.137. The zero-order valence-corrected chi connectivity index (χ0v) is 16.4. The molecule has 4 heteroatoms. The van der Waals surface area contributed by atoms with E-state index < -0.39 is 12.1 Å². The average molecular weight is 363 g/mol. The molecule has 3 atom stereocenters. The zero-order chi connectivity index (χ0) is 19.6. The zero-order valence-electron chi connectivity index (χ0n) is 16.4. The number of hydrogen-bond donors (Lipinski definition) is 2. The number of aliphatic carboxylic acids is 1. The number of hydrogen-bond acceptors (Lipinski definition) is 3. The van der Waals surface area contributed by atoms with Gasteiger partial charge >= 0.3 is 5.97 Å². The Hall–Kier alpha value is -1.68. The maximum absolute atomic E-state index is 12.1. The minimum absolute atomic E-state index is 0.0165. The molecule has 0 radical (unpaired) electrons. The van der Waals surface area contributed by atoms with Crippen LogP contribution in [0.2, 0.25) is 0 Å². The van der Waals surface area contributed by atoms with Gasteiger partial charge in [0.15, 0.2) is 5.78 Å². The number of carboxylic acid groups (broad SMARTS) is 1. The SMILES string of the molecule is CCCCC(C)(C)[C@H](O)/C=C/[C@@H]1C=CC(=O)[C@@H]1C/C=C/CCCC(=O)O. The van der Waals surface area contributed by atoms with Crippen LogP contribution in [0, 0.1) is 17.3 Å². The normalized spacial score (nSPS) is 21.9. The van der Waals surface area contributed by atoms with Crippen molar-refractivity contribution in [1.82, 2.24) is 0 Å². The van der Waals surface area contributed by atoms with E-state index in [4.69, 9.17) is 5.11 Å². The number of aliphatic hydroxyl groups is 1. The quantitative estimate of drug-likeness (QED) is 0.390. The molecule has 0 amide bonds. The number of carbonyl (C=O) groups is 2. The van der Waals surface area contributed by atoms with Crippen LogP contribution in [0.25, 0.3) is 0 Å². The molecule has 0 spiro atoms. The van der Waals surface area contributed by atoms with E-state index in [9.17, 15) is 14.7 Å². The Morgan fingerprint density at radius 2 is 2.04 bits per heavy atom. The van der Waals surface area contributed by atoms with Crippen LogP contribution in [0.4, 0.5) is 0 Å². The first kappa shape index (κ1) is 22.4. The highest BCUT2D eigenvalue weighted by molar-refractivity contribution is 5.95. The molecule has 1 rings (SSSR count).